The molecule has 1 saturated heterocycles. The fourth-order valence-electron chi connectivity index (χ4n) is 4.99. The van der Waals surface area contributed by atoms with Crippen LogP contribution in [-0.4, -0.2) is 53.6 Å². The van der Waals surface area contributed by atoms with Crippen LogP contribution in [0.2, 0.25) is 5.02 Å². The predicted octanol–water partition coefficient (Wildman–Crippen LogP) is 4.09. The van der Waals surface area contributed by atoms with Gasteiger partial charge in [-0.15, -0.1) is 0 Å². The van der Waals surface area contributed by atoms with Gasteiger partial charge in [-0.1, -0.05) is 29.8 Å². The number of nitrogens with zero attached hydrogens (tertiary/aromatic N) is 4. The SMILES string of the molecule is O=C1CC(c2cccc(Cl)c2)Cc2nc(N3CCN(Cc4ccc5c(c4)OCO5)CC3)ncc21. The van der Waals surface area contributed by atoms with Gasteiger partial charge in [-0.3, -0.25) is 9.69 Å². The summed E-state index contributed by atoms with van der Waals surface area (Å²) < 4.78 is 10.9. The van der Waals surface area contributed by atoms with Crippen LogP contribution in [0.25, 0.3) is 0 Å². The summed E-state index contributed by atoms with van der Waals surface area (Å²) in [5.74, 6) is 2.55. The molecule has 0 N–H and O–H groups in total. The first-order valence-corrected chi connectivity index (χ1v) is 12.0. The Hall–Kier alpha value is -3.16. The van der Waals surface area contributed by atoms with Crippen LogP contribution in [0.15, 0.2) is 48.7 Å². The molecule has 6 rings (SSSR count). The molecule has 1 atom stereocenters. The normalized spacial score (nSPS) is 19.9. The van der Waals surface area contributed by atoms with Gasteiger partial charge < -0.3 is 14.4 Å². The summed E-state index contributed by atoms with van der Waals surface area (Å²) in [5, 5.41) is 0.692. The monoisotopic (exact) mass is 476 g/mol. The number of Topliss-reactive ketones (excluding diaryl/α,β-unsaturated/α-hetero) is 1. The highest BCUT2D eigenvalue weighted by molar-refractivity contribution is 6.30. The minimum atomic E-state index is 0.0972. The number of ketones is 1. The Morgan fingerprint density at radius 1 is 1.00 bits per heavy atom. The molecule has 1 aliphatic carbocycles. The summed E-state index contributed by atoms with van der Waals surface area (Å²) in [4.78, 5) is 26.8. The average molecular weight is 477 g/mol. The molecule has 1 aromatic heterocycles. The first kappa shape index (κ1) is 21.4. The Morgan fingerprint density at radius 2 is 1.85 bits per heavy atom. The number of carbonyl (C=O) groups is 1. The van der Waals surface area contributed by atoms with Gasteiger partial charge in [0.2, 0.25) is 12.7 Å². The minimum absolute atomic E-state index is 0.0972. The molecule has 3 heterocycles. The van der Waals surface area contributed by atoms with Gasteiger partial charge >= 0.3 is 0 Å². The van der Waals surface area contributed by atoms with Crippen LogP contribution in [0.1, 0.15) is 39.5 Å². The van der Waals surface area contributed by atoms with E-state index < -0.39 is 0 Å². The summed E-state index contributed by atoms with van der Waals surface area (Å²) >= 11 is 6.18. The lowest BCUT2D eigenvalue weighted by atomic mass is 9.82. The number of carbonyl (C=O) groups excluding carboxylic acids is 1. The van der Waals surface area contributed by atoms with Crippen LogP contribution in [0.3, 0.4) is 0 Å². The van der Waals surface area contributed by atoms with Crippen molar-refractivity contribution in [1.29, 1.82) is 0 Å². The van der Waals surface area contributed by atoms with E-state index in [0.29, 0.717) is 29.7 Å². The molecule has 8 heteroatoms. The van der Waals surface area contributed by atoms with Crippen LogP contribution in [-0.2, 0) is 13.0 Å². The molecule has 0 bridgehead atoms. The second kappa shape index (κ2) is 8.89. The maximum atomic E-state index is 12.8. The molecule has 0 amide bonds. The smallest absolute Gasteiger partial charge is 0.231 e. The predicted molar refractivity (Wildman–Crippen MR) is 129 cm³/mol. The van der Waals surface area contributed by atoms with Crippen molar-refractivity contribution in [2.24, 2.45) is 0 Å². The van der Waals surface area contributed by atoms with Gasteiger partial charge in [-0.25, -0.2) is 9.97 Å². The molecule has 3 aromatic rings. The van der Waals surface area contributed by atoms with Crippen LogP contribution >= 0.6 is 11.6 Å². The Labute approximate surface area is 203 Å². The quantitative estimate of drug-likeness (QED) is 0.561. The number of anilines is 1. The second-order valence-electron chi connectivity index (χ2n) is 9.06. The van der Waals surface area contributed by atoms with E-state index in [2.05, 4.69) is 26.9 Å². The lowest BCUT2D eigenvalue weighted by molar-refractivity contribution is 0.0962. The number of hydrogen-bond acceptors (Lipinski definition) is 7. The maximum Gasteiger partial charge on any atom is 0.231 e. The summed E-state index contributed by atoms with van der Waals surface area (Å²) in [6, 6.07) is 13.9. The van der Waals surface area contributed by atoms with E-state index in [4.69, 9.17) is 26.1 Å². The van der Waals surface area contributed by atoms with E-state index in [0.717, 1.165) is 61.9 Å². The van der Waals surface area contributed by atoms with Gasteiger partial charge in [-0.05, 0) is 47.7 Å². The molecule has 0 spiro atoms. The van der Waals surface area contributed by atoms with Gasteiger partial charge in [0.05, 0.1) is 11.3 Å². The molecule has 3 aliphatic rings. The third-order valence-electron chi connectivity index (χ3n) is 6.85. The fraction of sp³-hybridized carbons (Fsp3) is 0.346. The molecule has 7 nitrogen and oxygen atoms in total. The zero-order valence-corrected chi connectivity index (χ0v) is 19.5. The molecule has 0 radical (unpaired) electrons. The van der Waals surface area contributed by atoms with E-state index in [1.807, 2.05) is 30.3 Å². The number of hydrogen-bond donors (Lipinski definition) is 0. The molecule has 1 unspecified atom stereocenters. The molecular weight excluding hydrogens is 452 g/mol. The van der Waals surface area contributed by atoms with Crippen molar-refractivity contribution in [3.63, 3.8) is 0 Å². The van der Waals surface area contributed by atoms with Crippen LogP contribution < -0.4 is 14.4 Å². The highest BCUT2D eigenvalue weighted by atomic mass is 35.5. The van der Waals surface area contributed by atoms with Crippen molar-refractivity contribution in [1.82, 2.24) is 14.9 Å². The topological polar surface area (TPSA) is 67.8 Å². The molecule has 2 aliphatic heterocycles. The number of ether oxygens (including phenoxy) is 2. The first-order valence-electron chi connectivity index (χ1n) is 11.6. The van der Waals surface area contributed by atoms with Crippen molar-refractivity contribution in [3.8, 4) is 11.5 Å². The summed E-state index contributed by atoms with van der Waals surface area (Å²) in [7, 11) is 0. The van der Waals surface area contributed by atoms with E-state index in [-0.39, 0.29) is 11.7 Å². The van der Waals surface area contributed by atoms with Crippen molar-refractivity contribution in [3.05, 3.63) is 76.1 Å². The maximum absolute atomic E-state index is 12.8. The number of aromatic nitrogens is 2. The number of rotatable bonds is 4. The zero-order valence-electron chi connectivity index (χ0n) is 18.7. The van der Waals surface area contributed by atoms with Crippen molar-refractivity contribution in [2.75, 3.05) is 37.9 Å². The van der Waals surface area contributed by atoms with Gasteiger partial charge in [0.25, 0.3) is 0 Å². The number of piperazine rings is 1. The van der Waals surface area contributed by atoms with Crippen LogP contribution in [0.4, 0.5) is 5.95 Å². The highest BCUT2D eigenvalue weighted by Crippen LogP contribution is 2.34. The minimum Gasteiger partial charge on any atom is -0.454 e. The van der Waals surface area contributed by atoms with Gasteiger partial charge in [0.15, 0.2) is 17.3 Å². The molecule has 2 aromatic carbocycles. The highest BCUT2D eigenvalue weighted by Gasteiger charge is 2.29. The molecule has 0 saturated carbocycles. The lowest BCUT2D eigenvalue weighted by Crippen LogP contribution is -2.46. The molecule has 174 valence electrons. The first-order chi connectivity index (χ1) is 16.6. The van der Waals surface area contributed by atoms with E-state index in [1.165, 1.54) is 5.56 Å². The van der Waals surface area contributed by atoms with E-state index in [9.17, 15) is 4.79 Å². The number of halogens is 1. The zero-order chi connectivity index (χ0) is 23.1. The summed E-state index contributed by atoms with van der Waals surface area (Å²) in [6.45, 7) is 4.68. The van der Waals surface area contributed by atoms with Gasteiger partial charge in [-0.2, -0.15) is 0 Å². The second-order valence-corrected chi connectivity index (χ2v) is 9.50. The van der Waals surface area contributed by atoms with Crippen LogP contribution in [0, 0.1) is 0 Å². The van der Waals surface area contributed by atoms with Gasteiger partial charge in [0, 0.05) is 50.4 Å². The van der Waals surface area contributed by atoms with Crippen molar-refractivity contribution >= 4 is 23.3 Å². The van der Waals surface area contributed by atoms with Gasteiger partial charge in [0.1, 0.15) is 0 Å². The third-order valence-corrected chi connectivity index (χ3v) is 7.08. The largest absolute Gasteiger partial charge is 0.454 e. The molecular formula is C26H25ClN4O3. The van der Waals surface area contributed by atoms with E-state index >= 15 is 0 Å². The van der Waals surface area contributed by atoms with Crippen LogP contribution in [0.5, 0.6) is 11.5 Å². The Bertz CT molecular complexity index is 1240. The molecule has 34 heavy (non-hydrogen) atoms. The lowest BCUT2D eigenvalue weighted by Gasteiger charge is -2.35. The third kappa shape index (κ3) is 4.21. The van der Waals surface area contributed by atoms with E-state index in [1.54, 1.807) is 6.20 Å². The molecule has 1 fully saturated rings. The summed E-state index contributed by atoms with van der Waals surface area (Å²) in [5.41, 5.74) is 3.80. The Balaban J connectivity index is 1.12. The average Bonchev–Trinajstić information content (AvgIpc) is 3.32. The number of benzene rings is 2. The Kier molecular flexibility index (Phi) is 5.59. The van der Waals surface area contributed by atoms with Crippen molar-refractivity contribution < 1.29 is 14.3 Å². The van der Waals surface area contributed by atoms with Crippen molar-refractivity contribution in [2.45, 2.75) is 25.3 Å². The Morgan fingerprint density at radius 3 is 2.71 bits per heavy atom. The standard InChI is InChI=1S/C26H25ClN4O3/c27-20-3-1-2-18(11-20)19-12-22-21(23(32)13-19)14-28-26(29-22)31-8-6-30(7-9-31)15-17-4-5-24-25(10-17)34-16-33-24/h1-5,10-11,14,19H,6-9,12-13,15-16H2. The fourth-order valence-corrected chi connectivity index (χ4v) is 5.19. The number of fused-ring (bicyclic) bond motifs is 2. The summed E-state index contributed by atoms with van der Waals surface area (Å²) in [6.07, 6.45) is 2.91.